The van der Waals surface area contributed by atoms with Gasteiger partial charge >= 0.3 is 23.6 Å². The summed E-state index contributed by atoms with van der Waals surface area (Å²) in [5.74, 6) is -2.01. The lowest BCUT2D eigenvalue weighted by Crippen LogP contribution is -2.46. The van der Waals surface area contributed by atoms with Crippen molar-refractivity contribution in [2.45, 2.75) is 71.6 Å². The molecule has 4 unspecified atom stereocenters. The van der Waals surface area contributed by atoms with Crippen LogP contribution in [0.4, 0.5) is 0 Å². The monoisotopic (exact) mass is 427 g/mol. The van der Waals surface area contributed by atoms with E-state index in [1.54, 1.807) is 0 Å². The molecule has 1 saturated heterocycles. The van der Waals surface area contributed by atoms with Crippen LogP contribution in [0.2, 0.25) is 0 Å². The van der Waals surface area contributed by atoms with Gasteiger partial charge in [-0.1, -0.05) is 13.3 Å². The maximum Gasteiger partial charge on any atom is 0.350 e. The van der Waals surface area contributed by atoms with Gasteiger partial charge in [0.15, 0.2) is 18.4 Å². The van der Waals surface area contributed by atoms with Gasteiger partial charge in [-0.25, -0.2) is 4.79 Å². The first-order valence-electron chi connectivity index (χ1n) is 9.47. The van der Waals surface area contributed by atoms with Crippen LogP contribution in [-0.2, 0) is 39.9 Å². The second-order valence-corrected chi connectivity index (χ2v) is 6.73. The van der Waals surface area contributed by atoms with Crippen LogP contribution in [-0.4, -0.2) is 57.2 Å². The first kappa shape index (κ1) is 23.3. The highest BCUT2D eigenvalue weighted by Gasteiger charge is 2.51. The summed E-state index contributed by atoms with van der Waals surface area (Å²) in [4.78, 5) is 59.4. The van der Waals surface area contributed by atoms with Crippen LogP contribution < -0.4 is 11.2 Å². The van der Waals surface area contributed by atoms with E-state index in [2.05, 4.69) is 5.10 Å². The van der Waals surface area contributed by atoms with Crippen molar-refractivity contribution in [3.05, 3.63) is 27.0 Å². The molecule has 2 rings (SSSR count). The smallest absolute Gasteiger partial charge is 0.350 e. The quantitative estimate of drug-likeness (QED) is 0.394. The lowest BCUT2D eigenvalue weighted by Gasteiger charge is -2.23. The first-order chi connectivity index (χ1) is 14.1. The van der Waals surface area contributed by atoms with Gasteiger partial charge in [0.25, 0.3) is 5.56 Å². The van der Waals surface area contributed by atoms with Crippen LogP contribution in [0.3, 0.4) is 0 Å². The Hall–Kier alpha value is -3.02. The van der Waals surface area contributed by atoms with Crippen molar-refractivity contribution < 1.29 is 33.3 Å². The number of aromatic nitrogens is 3. The van der Waals surface area contributed by atoms with Crippen molar-refractivity contribution in [1.82, 2.24) is 14.3 Å². The minimum absolute atomic E-state index is 0.173. The van der Waals surface area contributed by atoms with Gasteiger partial charge in [0.05, 0.1) is 0 Å². The topological polar surface area (TPSA) is 145 Å². The average Bonchev–Trinajstić information content (AvgIpc) is 2.96. The second kappa shape index (κ2) is 10.1. The molecule has 0 bridgehead atoms. The Bertz CT molecular complexity index is 907. The van der Waals surface area contributed by atoms with Gasteiger partial charge in [-0.15, -0.1) is 0 Å². The molecule has 1 aliphatic heterocycles. The Balaban J connectivity index is 2.48. The highest BCUT2D eigenvalue weighted by atomic mass is 16.7. The molecule has 0 spiro atoms. The van der Waals surface area contributed by atoms with Crippen LogP contribution >= 0.6 is 0 Å². The molecule has 1 aromatic rings. The Kier molecular flexibility index (Phi) is 7.86. The number of esters is 3. The molecule has 12 nitrogen and oxygen atoms in total. The van der Waals surface area contributed by atoms with Crippen molar-refractivity contribution in [2.24, 2.45) is 0 Å². The largest absolute Gasteiger partial charge is 0.463 e. The second-order valence-electron chi connectivity index (χ2n) is 6.73. The molecule has 0 aromatic carbocycles. The molecule has 4 atom stereocenters. The SMILES string of the molecule is CCCCn1c(=O)cnn(C2OC(COC(C)=O)C(OC(C)=O)C2OC(C)=O)c1=O. The third-order valence-electron chi connectivity index (χ3n) is 4.30. The maximum atomic E-state index is 12.9. The normalized spacial score (nSPS) is 23.1. The Morgan fingerprint density at radius 2 is 1.70 bits per heavy atom. The number of hydrogen-bond acceptors (Lipinski definition) is 10. The third-order valence-corrected chi connectivity index (χ3v) is 4.30. The minimum atomic E-state index is -1.31. The molecule has 0 amide bonds. The summed E-state index contributed by atoms with van der Waals surface area (Å²) in [5, 5.41) is 3.84. The van der Waals surface area contributed by atoms with E-state index in [-0.39, 0.29) is 13.2 Å². The van der Waals surface area contributed by atoms with Gasteiger partial charge < -0.3 is 18.9 Å². The molecule has 0 saturated carbocycles. The molecule has 166 valence electrons. The predicted molar refractivity (Wildman–Crippen MR) is 99.3 cm³/mol. The van der Waals surface area contributed by atoms with Crippen molar-refractivity contribution in [3.63, 3.8) is 0 Å². The molecule has 0 radical (unpaired) electrons. The first-order valence-corrected chi connectivity index (χ1v) is 9.47. The Morgan fingerprint density at radius 3 is 2.27 bits per heavy atom. The lowest BCUT2D eigenvalue weighted by molar-refractivity contribution is -0.166. The van der Waals surface area contributed by atoms with E-state index >= 15 is 0 Å². The number of unbranched alkanes of at least 4 members (excludes halogenated alkanes) is 1. The van der Waals surface area contributed by atoms with Crippen molar-refractivity contribution in [2.75, 3.05) is 6.61 Å². The highest BCUT2D eigenvalue weighted by molar-refractivity contribution is 5.67. The lowest BCUT2D eigenvalue weighted by atomic mass is 10.1. The van der Waals surface area contributed by atoms with Gasteiger partial charge in [0, 0.05) is 27.3 Å². The van der Waals surface area contributed by atoms with E-state index in [0.29, 0.717) is 6.42 Å². The van der Waals surface area contributed by atoms with Crippen LogP contribution in [0.25, 0.3) is 0 Å². The fraction of sp³-hybridized carbons (Fsp3) is 0.667. The number of hydrogen-bond donors (Lipinski definition) is 0. The minimum Gasteiger partial charge on any atom is -0.463 e. The van der Waals surface area contributed by atoms with Crippen LogP contribution in [0.15, 0.2) is 15.8 Å². The van der Waals surface area contributed by atoms with Crippen LogP contribution in [0.5, 0.6) is 0 Å². The highest BCUT2D eigenvalue weighted by Crippen LogP contribution is 2.33. The fourth-order valence-corrected chi connectivity index (χ4v) is 3.03. The number of rotatable bonds is 8. The van der Waals surface area contributed by atoms with Crippen LogP contribution in [0, 0.1) is 0 Å². The van der Waals surface area contributed by atoms with Crippen molar-refractivity contribution in [1.29, 1.82) is 0 Å². The zero-order valence-electron chi connectivity index (χ0n) is 17.2. The third kappa shape index (κ3) is 5.53. The maximum absolute atomic E-state index is 12.9. The molecule has 1 aromatic heterocycles. The number of carbonyl (C=O) groups is 3. The van der Waals surface area contributed by atoms with E-state index in [1.807, 2.05) is 6.92 Å². The van der Waals surface area contributed by atoms with E-state index in [9.17, 15) is 24.0 Å². The molecule has 0 aliphatic carbocycles. The molecule has 2 heterocycles. The zero-order valence-corrected chi connectivity index (χ0v) is 17.2. The Morgan fingerprint density at radius 1 is 1.07 bits per heavy atom. The summed E-state index contributed by atoms with van der Waals surface area (Å²) in [5.41, 5.74) is -1.35. The van der Waals surface area contributed by atoms with Crippen molar-refractivity contribution in [3.8, 4) is 0 Å². The van der Waals surface area contributed by atoms with Gasteiger partial charge in [-0.05, 0) is 6.42 Å². The fourth-order valence-electron chi connectivity index (χ4n) is 3.03. The molecule has 1 aliphatic rings. The number of nitrogens with zero attached hydrogens (tertiary/aromatic N) is 3. The van der Waals surface area contributed by atoms with E-state index < -0.39 is 53.7 Å². The summed E-state index contributed by atoms with van der Waals surface area (Å²) in [6.07, 6.45) is -2.47. The van der Waals surface area contributed by atoms with Crippen LogP contribution in [0.1, 0.15) is 46.8 Å². The predicted octanol–water partition coefficient (Wildman–Crippen LogP) is -0.471. The zero-order chi connectivity index (χ0) is 22.4. The average molecular weight is 427 g/mol. The summed E-state index contributed by atoms with van der Waals surface area (Å²) in [7, 11) is 0. The summed E-state index contributed by atoms with van der Waals surface area (Å²) in [6.45, 7) is 5.24. The Labute approximate surface area is 171 Å². The van der Waals surface area contributed by atoms with Gasteiger partial charge in [0.2, 0.25) is 0 Å². The summed E-state index contributed by atoms with van der Waals surface area (Å²) >= 11 is 0. The van der Waals surface area contributed by atoms with Crippen molar-refractivity contribution >= 4 is 17.9 Å². The molecule has 30 heavy (non-hydrogen) atoms. The van der Waals surface area contributed by atoms with E-state index in [4.69, 9.17) is 18.9 Å². The summed E-state index contributed by atoms with van der Waals surface area (Å²) < 4.78 is 23.1. The number of carbonyl (C=O) groups excluding carboxylic acids is 3. The molecule has 1 fully saturated rings. The molecular formula is C18H25N3O9. The van der Waals surface area contributed by atoms with Gasteiger partial charge in [0.1, 0.15) is 18.9 Å². The molecular weight excluding hydrogens is 402 g/mol. The van der Waals surface area contributed by atoms with Gasteiger partial charge in [-0.3, -0.25) is 23.7 Å². The standard InChI is InChI=1S/C18H25N3O9/c1-5-6-7-20-14(25)8-19-21(18(20)26)17-16(29-12(4)24)15(28-11(3)23)13(30-17)9-27-10(2)22/h8,13,15-17H,5-7,9H2,1-4H3. The molecule has 0 N–H and O–H groups in total. The molecule has 12 heteroatoms. The number of ether oxygens (including phenoxy) is 4. The van der Waals surface area contributed by atoms with E-state index in [1.165, 1.54) is 6.92 Å². The summed E-state index contributed by atoms with van der Waals surface area (Å²) in [6, 6.07) is 0. The van der Waals surface area contributed by atoms with Gasteiger partial charge in [-0.2, -0.15) is 9.78 Å². The van der Waals surface area contributed by atoms with E-state index in [0.717, 1.165) is 35.7 Å².